The highest BCUT2D eigenvalue weighted by Crippen LogP contribution is 2.22. The summed E-state index contributed by atoms with van der Waals surface area (Å²) in [6.45, 7) is 8.40. The molecule has 0 fully saturated rings. The predicted octanol–water partition coefficient (Wildman–Crippen LogP) is 4.24. The maximum Gasteiger partial charge on any atom is 0.291 e. The summed E-state index contributed by atoms with van der Waals surface area (Å²) in [6, 6.07) is 9.09. The van der Waals surface area contributed by atoms with E-state index in [1.807, 2.05) is 45.9 Å². The largest absolute Gasteiger partial charge is 0.486 e. The third kappa shape index (κ3) is 5.11. The van der Waals surface area contributed by atoms with Crippen LogP contribution in [-0.4, -0.2) is 31.4 Å². The average Bonchev–Trinajstić information content (AvgIpc) is 3.55. The Morgan fingerprint density at radius 2 is 1.71 bits per heavy atom. The molecule has 0 aliphatic carbocycles. The van der Waals surface area contributed by atoms with Gasteiger partial charge in [0.2, 0.25) is 0 Å². The van der Waals surface area contributed by atoms with E-state index in [0.717, 1.165) is 17.0 Å². The molecule has 0 spiro atoms. The lowest BCUT2D eigenvalue weighted by atomic mass is 10.1. The number of nitrogens with zero attached hydrogens (tertiary/aromatic N) is 4. The zero-order chi connectivity index (χ0) is 25.1. The summed E-state index contributed by atoms with van der Waals surface area (Å²) in [6.07, 6.45) is 3.02. The van der Waals surface area contributed by atoms with E-state index in [-0.39, 0.29) is 23.7 Å². The van der Waals surface area contributed by atoms with Gasteiger partial charge in [-0.25, -0.2) is 0 Å². The third-order valence-electron chi connectivity index (χ3n) is 5.83. The highest BCUT2D eigenvalue weighted by atomic mass is 16.5. The molecular weight excluding hydrogens is 448 g/mol. The second-order valence-corrected chi connectivity index (χ2v) is 8.20. The first-order chi connectivity index (χ1) is 16.8. The fourth-order valence-corrected chi connectivity index (χ4v) is 3.48. The van der Waals surface area contributed by atoms with E-state index in [1.165, 1.54) is 16.4 Å². The van der Waals surface area contributed by atoms with E-state index in [9.17, 15) is 9.59 Å². The topological polar surface area (TPSA) is 116 Å². The molecule has 4 aromatic rings. The van der Waals surface area contributed by atoms with Crippen molar-refractivity contribution in [3.63, 3.8) is 0 Å². The second-order valence-electron chi connectivity index (χ2n) is 8.20. The Morgan fingerprint density at radius 3 is 2.40 bits per heavy atom. The summed E-state index contributed by atoms with van der Waals surface area (Å²) in [5, 5.41) is 13.9. The van der Waals surface area contributed by atoms with Crippen LogP contribution in [0.2, 0.25) is 0 Å². The molecule has 35 heavy (non-hydrogen) atoms. The summed E-state index contributed by atoms with van der Waals surface area (Å²) in [4.78, 5) is 25.9. The normalized spacial score (nSPS) is 10.9. The molecule has 3 aromatic heterocycles. The van der Waals surface area contributed by atoms with Crippen LogP contribution in [0.5, 0.6) is 5.75 Å². The smallest absolute Gasteiger partial charge is 0.291 e. The zero-order valence-electron chi connectivity index (χ0n) is 20.4. The van der Waals surface area contributed by atoms with Gasteiger partial charge in [0.15, 0.2) is 5.76 Å². The summed E-state index contributed by atoms with van der Waals surface area (Å²) < 4.78 is 14.6. The highest BCUT2D eigenvalue weighted by molar-refractivity contribution is 6.11. The first-order valence-electron chi connectivity index (χ1n) is 11.2. The lowest BCUT2D eigenvalue weighted by molar-refractivity contribution is 0.0992. The molecule has 182 valence electrons. The van der Waals surface area contributed by atoms with Crippen LogP contribution in [-0.2, 0) is 20.2 Å². The minimum absolute atomic E-state index is 0.0994. The first kappa shape index (κ1) is 23.8. The summed E-state index contributed by atoms with van der Waals surface area (Å²) >= 11 is 0. The van der Waals surface area contributed by atoms with Gasteiger partial charge in [0.1, 0.15) is 23.8 Å². The Balaban J connectivity index is 1.45. The van der Waals surface area contributed by atoms with Crippen LogP contribution < -0.4 is 15.4 Å². The maximum atomic E-state index is 13.0. The molecule has 2 amide bonds. The van der Waals surface area contributed by atoms with Crippen molar-refractivity contribution in [2.45, 2.75) is 40.8 Å². The zero-order valence-corrected chi connectivity index (χ0v) is 20.4. The molecule has 3 heterocycles. The minimum atomic E-state index is -0.496. The number of amides is 2. The molecule has 0 atom stereocenters. The quantitative estimate of drug-likeness (QED) is 0.393. The SMILES string of the molecule is CCn1ncc(NC(=O)c2ccc(COc3ccc(C)c(C)c3)o2)c1C(=O)Nc1cnn(C)c1C. The fourth-order valence-electron chi connectivity index (χ4n) is 3.48. The summed E-state index contributed by atoms with van der Waals surface area (Å²) in [5.41, 5.74) is 4.21. The van der Waals surface area contributed by atoms with Gasteiger partial charge in [-0.15, -0.1) is 0 Å². The number of carbonyl (C=O) groups is 2. The van der Waals surface area contributed by atoms with Crippen molar-refractivity contribution in [3.05, 3.63) is 76.8 Å². The van der Waals surface area contributed by atoms with Gasteiger partial charge in [-0.05, 0) is 63.1 Å². The highest BCUT2D eigenvalue weighted by Gasteiger charge is 2.22. The minimum Gasteiger partial charge on any atom is -0.486 e. The number of aryl methyl sites for hydroxylation is 4. The van der Waals surface area contributed by atoms with Gasteiger partial charge in [-0.1, -0.05) is 6.07 Å². The number of anilines is 2. The molecule has 0 saturated heterocycles. The standard InChI is InChI=1S/C25H28N6O4/c1-6-31-23(25(33)28-20-12-26-30(5)17(20)4)21(13-27-31)29-24(32)22-10-9-19(35-22)14-34-18-8-7-15(2)16(3)11-18/h7-13H,6,14H2,1-5H3,(H,28,33)(H,29,32). The molecule has 0 saturated carbocycles. The Bertz CT molecular complexity index is 1380. The van der Waals surface area contributed by atoms with E-state index in [1.54, 1.807) is 30.1 Å². The Labute approximate surface area is 202 Å². The summed E-state index contributed by atoms with van der Waals surface area (Å²) in [7, 11) is 1.79. The molecule has 0 unspecified atom stereocenters. The molecule has 0 aliphatic rings. The van der Waals surface area contributed by atoms with E-state index >= 15 is 0 Å². The van der Waals surface area contributed by atoms with Crippen molar-refractivity contribution in [1.29, 1.82) is 0 Å². The number of aromatic nitrogens is 4. The molecule has 0 bridgehead atoms. The number of carbonyl (C=O) groups excluding carboxylic acids is 2. The van der Waals surface area contributed by atoms with E-state index in [0.29, 0.717) is 18.0 Å². The van der Waals surface area contributed by atoms with Crippen molar-refractivity contribution < 1.29 is 18.7 Å². The van der Waals surface area contributed by atoms with Gasteiger partial charge in [0, 0.05) is 13.6 Å². The summed E-state index contributed by atoms with van der Waals surface area (Å²) in [5.74, 6) is 0.425. The van der Waals surface area contributed by atoms with Crippen molar-refractivity contribution >= 4 is 23.2 Å². The fraction of sp³-hybridized carbons (Fsp3) is 0.280. The van der Waals surface area contributed by atoms with E-state index < -0.39 is 11.8 Å². The van der Waals surface area contributed by atoms with Crippen molar-refractivity contribution in [2.24, 2.45) is 7.05 Å². The molecular formula is C25H28N6O4. The van der Waals surface area contributed by atoms with E-state index in [4.69, 9.17) is 9.15 Å². The monoisotopic (exact) mass is 476 g/mol. The van der Waals surface area contributed by atoms with Crippen LogP contribution >= 0.6 is 0 Å². The van der Waals surface area contributed by atoms with Crippen molar-refractivity contribution in [1.82, 2.24) is 19.6 Å². The number of furan rings is 1. The lowest BCUT2D eigenvalue weighted by Crippen LogP contribution is -2.21. The molecule has 2 N–H and O–H groups in total. The first-order valence-corrected chi connectivity index (χ1v) is 11.2. The number of rotatable bonds is 8. The molecule has 0 radical (unpaired) electrons. The average molecular weight is 477 g/mol. The Kier molecular flexibility index (Phi) is 6.72. The van der Waals surface area contributed by atoms with Gasteiger partial charge in [-0.3, -0.25) is 19.0 Å². The molecule has 10 nitrogen and oxygen atoms in total. The van der Waals surface area contributed by atoms with Crippen LogP contribution in [0.1, 0.15) is 50.5 Å². The second kappa shape index (κ2) is 9.88. The molecule has 0 aliphatic heterocycles. The Hall–Kier alpha value is -4.34. The van der Waals surface area contributed by atoms with Gasteiger partial charge in [-0.2, -0.15) is 10.2 Å². The number of hydrogen-bond donors (Lipinski definition) is 2. The van der Waals surface area contributed by atoms with Gasteiger partial charge in [0.25, 0.3) is 11.8 Å². The van der Waals surface area contributed by atoms with Crippen LogP contribution in [0.15, 0.2) is 47.1 Å². The Morgan fingerprint density at radius 1 is 0.971 bits per heavy atom. The lowest BCUT2D eigenvalue weighted by Gasteiger charge is -2.09. The molecule has 4 rings (SSSR count). The third-order valence-corrected chi connectivity index (χ3v) is 5.83. The van der Waals surface area contributed by atoms with Crippen LogP contribution in [0.3, 0.4) is 0 Å². The van der Waals surface area contributed by atoms with Gasteiger partial charge < -0.3 is 19.8 Å². The van der Waals surface area contributed by atoms with E-state index in [2.05, 4.69) is 20.8 Å². The molecule has 10 heteroatoms. The van der Waals surface area contributed by atoms with Crippen LogP contribution in [0.25, 0.3) is 0 Å². The van der Waals surface area contributed by atoms with Crippen LogP contribution in [0, 0.1) is 20.8 Å². The number of nitrogens with one attached hydrogen (secondary N) is 2. The van der Waals surface area contributed by atoms with Crippen molar-refractivity contribution in [3.8, 4) is 5.75 Å². The van der Waals surface area contributed by atoms with Gasteiger partial charge in [0.05, 0.1) is 29.5 Å². The number of benzene rings is 1. The van der Waals surface area contributed by atoms with Gasteiger partial charge >= 0.3 is 0 Å². The maximum absolute atomic E-state index is 13.0. The van der Waals surface area contributed by atoms with Crippen molar-refractivity contribution in [2.75, 3.05) is 10.6 Å². The predicted molar refractivity (Wildman–Crippen MR) is 131 cm³/mol. The number of hydrogen-bond acceptors (Lipinski definition) is 6. The molecule has 1 aromatic carbocycles. The number of ether oxygens (including phenoxy) is 1. The van der Waals surface area contributed by atoms with Crippen LogP contribution in [0.4, 0.5) is 11.4 Å².